The summed E-state index contributed by atoms with van der Waals surface area (Å²) in [5.74, 6) is 0. The van der Waals surface area contributed by atoms with Crippen molar-refractivity contribution in [2.24, 2.45) is 0 Å². The zero-order valence-corrected chi connectivity index (χ0v) is 7.71. The van der Waals surface area contributed by atoms with Crippen LogP contribution >= 0.6 is 11.6 Å². The first-order chi connectivity index (χ1) is 6.25. The van der Waals surface area contributed by atoms with Crippen molar-refractivity contribution in [2.75, 3.05) is 24.3 Å². The van der Waals surface area contributed by atoms with E-state index in [0.717, 1.165) is 18.9 Å². The van der Waals surface area contributed by atoms with Gasteiger partial charge in [-0.25, -0.2) is 4.98 Å². The van der Waals surface area contributed by atoms with Crippen molar-refractivity contribution in [1.82, 2.24) is 4.98 Å². The van der Waals surface area contributed by atoms with Crippen molar-refractivity contribution in [3.05, 3.63) is 17.4 Å². The Balaban J connectivity index is 2.13. The van der Waals surface area contributed by atoms with Crippen LogP contribution in [0.2, 0.25) is 5.15 Å². The molecule has 0 atom stereocenters. The second-order valence-electron chi connectivity index (χ2n) is 2.97. The third-order valence-corrected chi connectivity index (χ3v) is 2.11. The molecule has 1 aromatic rings. The monoisotopic (exact) mass is 199 g/mol. The number of rotatable bonds is 2. The molecular weight excluding hydrogens is 190 g/mol. The molecule has 2 rings (SSSR count). The predicted octanol–water partition coefficient (Wildman–Crippen LogP) is 1.13. The van der Waals surface area contributed by atoms with Crippen LogP contribution in [0.25, 0.3) is 0 Å². The van der Waals surface area contributed by atoms with Gasteiger partial charge >= 0.3 is 0 Å². The lowest BCUT2D eigenvalue weighted by molar-refractivity contribution is 0.0211. The van der Waals surface area contributed by atoms with Crippen LogP contribution in [0.1, 0.15) is 0 Å². The summed E-state index contributed by atoms with van der Waals surface area (Å²) in [5, 5.41) is 3.65. The van der Waals surface area contributed by atoms with Crippen molar-refractivity contribution >= 4 is 23.0 Å². The number of nitrogens with one attached hydrogen (secondary N) is 1. The van der Waals surface area contributed by atoms with E-state index in [1.807, 2.05) is 0 Å². The SMILES string of the molecule is Nc1cnc(Cl)cc1NC1COC1. The molecule has 0 amide bonds. The Bertz CT molecular complexity index is 314. The van der Waals surface area contributed by atoms with E-state index in [-0.39, 0.29) is 0 Å². The first kappa shape index (κ1) is 8.59. The summed E-state index contributed by atoms with van der Waals surface area (Å²) in [6.07, 6.45) is 1.55. The van der Waals surface area contributed by atoms with Gasteiger partial charge in [0.15, 0.2) is 0 Å². The van der Waals surface area contributed by atoms with Gasteiger partial charge in [-0.3, -0.25) is 0 Å². The minimum atomic E-state index is 0.348. The number of halogens is 1. The number of pyridine rings is 1. The van der Waals surface area contributed by atoms with Gasteiger partial charge in [0.2, 0.25) is 0 Å². The van der Waals surface area contributed by atoms with Crippen molar-refractivity contribution in [3.63, 3.8) is 0 Å². The van der Waals surface area contributed by atoms with Gasteiger partial charge in [-0.05, 0) is 0 Å². The van der Waals surface area contributed by atoms with Gasteiger partial charge in [0, 0.05) is 6.07 Å². The van der Waals surface area contributed by atoms with Crippen LogP contribution < -0.4 is 11.1 Å². The maximum absolute atomic E-state index is 5.72. The molecule has 4 nitrogen and oxygen atoms in total. The van der Waals surface area contributed by atoms with Gasteiger partial charge in [0.1, 0.15) is 5.15 Å². The molecular formula is C8H10ClN3O. The van der Waals surface area contributed by atoms with E-state index in [1.165, 1.54) is 0 Å². The standard InChI is InChI=1S/C8H10ClN3O/c9-8-1-7(6(10)2-11-8)12-5-3-13-4-5/h1-2,5H,3-4,10H2,(H,11,12). The number of nitrogens with zero attached hydrogens (tertiary/aromatic N) is 1. The minimum Gasteiger partial charge on any atom is -0.396 e. The van der Waals surface area contributed by atoms with E-state index in [1.54, 1.807) is 12.3 Å². The largest absolute Gasteiger partial charge is 0.396 e. The highest BCUT2D eigenvalue weighted by molar-refractivity contribution is 6.29. The molecule has 70 valence electrons. The Morgan fingerprint density at radius 3 is 3.00 bits per heavy atom. The van der Waals surface area contributed by atoms with Gasteiger partial charge in [-0.15, -0.1) is 0 Å². The first-order valence-corrected chi connectivity index (χ1v) is 4.39. The third kappa shape index (κ3) is 1.84. The lowest BCUT2D eigenvalue weighted by atomic mass is 10.2. The second-order valence-corrected chi connectivity index (χ2v) is 3.36. The summed E-state index contributed by atoms with van der Waals surface area (Å²) in [6.45, 7) is 1.44. The number of hydrogen-bond donors (Lipinski definition) is 2. The first-order valence-electron chi connectivity index (χ1n) is 4.01. The van der Waals surface area contributed by atoms with Crippen molar-refractivity contribution in [2.45, 2.75) is 6.04 Å². The van der Waals surface area contributed by atoms with E-state index >= 15 is 0 Å². The molecule has 5 heteroatoms. The molecule has 1 fully saturated rings. The van der Waals surface area contributed by atoms with Crippen LogP contribution in [-0.4, -0.2) is 24.2 Å². The lowest BCUT2D eigenvalue weighted by Crippen LogP contribution is -2.40. The van der Waals surface area contributed by atoms with E-state index in [9.17, 15) is 0 Å². The van der Waals surface area contributed by atoms with Gasteiger partial charge in [-0.1, -0.05) is 11.6 Å². The van der Waals surface area contributed by atoms with E-state index in [2.05, 4.69) is 10.3 Å². The zero-order valence-electron chi connectivity index (χ0n) is 6.96. The van der Waals surface area contributed by atoms with Crippen LogP contribution in [0.3, 0.4) is 0 Å². The number of ether oxygens (including phenoxy) is 1. The van der Waals surface area contributed by atoms with Crippen molar-refractivity contribution in [1.29, 1.82) is 0 Å². The van der Waals surface area contributed by atoms with Gasteiger partial charge in [0.25, 0.3) is 0 Å². The van der Waals surface area contributed by atoms with Crippen LogP contribution in [-0.2, 0) is 4.74 Å². The molecule has 2 heterocycles. The molecule has 0 saturated carbocycles. The number of nitrogen functional groups attached to an aromatic ring is 1. The highest BCUT2D eigenvalue weighted by Crippen LogP contribution is 2.22. The summed E-state index contributed by atoms with van der Waals surface area (Å²) in [6, 6.07) is 2.07. The summed E-state index contributed by atoms with van der Waals surface area (Å²) < 4.78 is 5.03. The van der Waals surface area contributed by atoms with Gasteiger partial charge < -0.3 is 15.8 Å². The molecule has 0 radical (unpaired) electrons. The van der Waals surface area contributed by atoms with E-state index in [4.69, 9.17) is 22.1 Å². The average molecular weight is 200 g/mol. The molecule has 0 aliphatic carbocycles. The summed E-state index contributed by atoms with van der Waals surface area (Å²) in [5.41, 5.74) is 7.13. The minimum absolute atomic E-state index is 0.348. The molecule has 1 aliphatic heterocycles. The second kappa shape index (κ2) is 3.40. The third-order valence-electron chi connectivity index (χ3n) is 1.90. The zero-order chi connectivity index (χ0) is 9.26. The van der Waals surface area contributed by atoms with Crippen molar-refractivity contribution in [3.8, 4) is 0 Å². The fraction of sp³-hybridized carbons (Fsp3) is 0.375. The molecule has 13 heavy (non-hydrogen) atoms. The van der Waals surface area contributed by atoms with Gasteiger partial charge in [0.05, 0.1) is 36.8 Å². The molecule has 1 aromatic heterocycles. The van der Waals surface area contributed by atoms with Crippen LogP contribution in [0.5, 0.6) is 0 Å². The Hall–Kier alpha value is -1.00. The summed E-state index contributed by atoms with van der Waals surface area (Å²) in [7, 11) is 0. The predicted molar refractivity (Wildman–Crippen MR) is 51.9 cm³/mol. The smallest absolute Gasteiger partial charge is 0.131 e. The van der Waals surface area contributed by atoms with Crippen LogP contribution in [0, 0.1) is 0 Å². The lowest BCUT2D eigenvalue weighted by Gasteiger charge is -2.28. The van der Waals surface area contributed by atoms with Crippen molar-refractivity contribution < 1.29 is 4.74 Å². The van der Waals surface area contributed by atoms with Crippen LogP contribution in [0.15, 0.2) is 12.3 Å². The quantitative estimate of drug-likeness (QED) is 0.701. The highest BCUT2D eigenvalue weighted by atomic mass is 35.5. The fourth-order valence-electron chi connectivity index (χ4n) is 1.10. The maximum Gasteiger partial charge on any atom is 0.131 e. The van der Waals surface area contributed by atoms with Gasteiger partial charge in [-0.2, -0.15) is 0 Å². The molecule has 0 aromatic carbocycles. The fourth-order valence-corrected chi connectivity index (χ4v) is 1.26. The number of anilines is 2. The Morgan fingerprint density at radius 1 is 1.62 bits per heavy atom. The normalized spacial score (nSPS) is 16.7. The molecule has 0 bridgehead atoms. The summed E-state index contributed by atoms with van der Waals surface area (Å²) in [4.78, 5) is 3.86. The Morgan fingerprint density at radius 2 is 2.38 bits per heavy atom. The summed E-state index contributed by atoms with van der Waals surface area (Å²) >= 11 is 5.72. The average Bonchev–Trinajstić information content (AvgIpc) is 2.03. The van der Waals surface area contributed by atoms with Crippen LogP contribution in [0.4, 0.5) is 11.4 Å². The Kier molecular flexibility index (Phi) is 2.24. The maximum atomic E-state index is 5.72. The number of nitrogens with two attached hydrogens (primary N) is 1. The number of aromatic nitrogens is 1. The van der Waals surface area contributed by atoms with E-state index < -0.39 is 0 Å². The molecule has 0 unspecified atom stereocenters. The molecule has 1 aliphatic rings. The number of hydrogen-bond acceptors (Lipinski definition) is 4. The molecule has 1 saturated heterocycles. The topological polar surface area (TPSA) is 60.2 Å². The molecule has 0 spiro atoms. The van der Waals surface area contributed by atoms with E-state index in [0.29, 0.717) is 16.9 Å². The highest BCUT2D eigenvalue weighted by Gasteiger charge is 2.18. The Labute approximate surface area is 81.0 Å². The molecule has 3 N–H and O–H groups in total.